The highest BCUT2D eigenvalue weighted by Gasteiger charge is 2.27. The number of para-hydroxylation sites is 1. The minimum atomic E-state index is 0.130. The summed E-state index contributed by atoms with van der Waals surface area (Å²) in [6.07, 6.45) is 2.08. The van der Waals surface area contributed by atoms with Gasteiger partial charge in [0.25, 0.3) is 5.78 Å². The number of hydrogen-bond acceptors (Lipinski definition) is 7. The summed E-state index contributed by atoms with van der Waals surface area (Å²) in [5, 5.41) is 6.21. The number of aromatic nitrogens is 5. The predicted molar refractivity (Wildman–Crippen MR) is 119 cm³/mol. The lowest BCUT2D eigenvalue weighted by molar-refractivity contribution is -0.129. The smallest absolute Gasteiger partial charge is 0.253 e. The molecule has 154 valence electrons. The zero-order chi connectivity index (χ0) is 20.7. The molecule has 0 aliphatic carbocycles. The number of benzene rings is 1. The lowest BCUT2D eigenvalue weighted by Crippen LogP contribution is -2.40. The lowest BCUT2D eigenvalue weighted by atomic mass is 9.99. The molecule has 1 saturated heterocycles. The van der Waals surface area contributed by atoms with Gasteiger partial charge in [0.15, 0.2) is 0 Å². The largest absolute Gasteiger partial charge is 0.341 e. The van der Waals surface area contributed by atoms with Crippen LogP contribution in [0.2, 0.25) is 0 Å². The average molecular weight is 439 g/mol. The molecular formula is C21H22N6OS2. The van der Waals surface area contributed by atoms with Gasteiger partial charge in [-0.25, -0.2) is 14.5 Å². The van der Waals surface area contributed by atoms with Gasteiger partial charge in [-0.1, -0.05) is 23.9 Å². The minimum Gasteiger partial charge on any atom is -0.341 e. The second kappa shape index (κ2) is 7.96. The molecule has 0 radical (unpaired) electrons. The molecule has 0 saturated carbocycles. The van der Waals surface area contributed by atoms with Crippen LogP contribution in [0.1, 0.15) is 35.2 Å². The van der Waals surface area contributed by atoms with Gasteiger partial charge in [0.1, 0.15) is 0 Å². The van der Waals surface area contributed by atoms with Gasteiger partial charge in [0.05, 0.1) is 21.0 Å². The van der Waals surface area contributed by atoms with Crippen LogP contribution >= 0.6 is 23.1 Å². The third-order valence-corrected chi connectivity index (χ3v) is 7.38. The van der Waals surface area contributed by atoms with Crippen molar-refractivity contribution in [2.24, 2.45) is 0 Å². The molecule has 0 N–H and O–H groups in total. The topological polar surface area (TPSA) is 76.3 Å². The lowest BCUT2D eigenvalue weighted by Gasteiger charge is -2.31. The van der Waals surface area contributed by atoms with Crippen molar-refractivity contribution in [1.29, 1.82) is 0 Å². The van der Waals surface area contributed by atoms with Gasteiger partial charge in [0, 0.05) is 30.4 Å². The Hall–Kier alpha value is -2.52. The molecule has 30 heavy (non-hydrogen) atoms. The summed E-state index contributed by atoms with van der Waals surface area (Å²) in [5.41, 5.74) is 2.95. The maximum absolute atomic E-state index is 12.9. The van der Waals surface area contributed by atoms with E-state index in [9.17, 15) is 4.79 Å². The molecule has 0 bridgehead atoms. The molecule has 5 rings (SSSR count). The molecule has 1 amide bonds. The van der Waals surface area contributed by atoms with E-state index < -0.39 is 0 Å². The fraction of sp³-hybridized carbons (Fsp3) is 0.381. The molecule has 7 nitrogen and oxygen atoms in total. The zero-order valence-corrected chi connectivity index (χ0v) is 18.5. The van der Waals surface area contributed by atoms with E-state index in [1.165, 1.54) is 16.5 Å². The van der Waals surface area contributed by atoms with Crippen molar-refractivity contribution in [3.63, 3.8) is 0 Å². The van der Waals surface area contributed by atoms with E-state index in [0.29, 0.717) is 22.6 Å². The fourth-order valence-electron chi connectivity index (χ4n) is 3.90. The van der Waals surface area contributed by atoms with E-state index in [-0.39, 0.29) is 5.91 Å². The number of amides is 1. The number of carbonyl (C=O) groups excluding carboxylic acids is 1. The van der Waals surface area contributed by atoms with Crippen molar-refractivity contribution in [2.45, 2.75) is 37.8 Å². The van der Waals surface area contributed by atoms with Crippen LogP contribution in [0, 0.1) is 13.8 Å². The molecule has 1 atom stereocenters. The molecule has 1 aliphatic rings. The molecule has 0 unspecified atom stereocenters. The van der Waals surface area contributed by atoms with E-state index >= 15 is 0 Å². The SMILES string of the molecule is Cc1cc(C)n2nc(SCC(=O)N3CCC[C@@H](c4nc5ccccc5s4)C3)nc2n1. The van der Waals surface area contributed by atoms with Crippen LogP contribution in [0.25, 0.3) is 16.0 Å². The van der Waals surface area contributed by atoms with E-state index in [1.807, 2.05) is 36.9 Å². The van der Waals surface area contributed by atoms with Crippen LogP contribution in [0.4, 0.5) is 0 Å². The number of carbonyl (C=O) groups is 1. The highest BCUT2D eigenvalue weighted by Crippen LogP contribution is 2.33. The van der Waals surface area contributed by atoms with Crippen LogP contribution in [0.15, 0.2) is 35.5 Å². The Bertz CT molecular complexity index is 1200. The number of nitrogens with zero attached hydrogens (tertiary/aromatic N) is 6. The first kappa shape index (κ1) is 19.4. The Morgan fingerprint density at radius 2 is 2.10 bits per heavy atom. The van der Waals surface area contributed by atoms with Crippen LogP contribution in [-0.4, -0.2) is 54.2 Å². The van der Waals surface area contributed by atoms with Crippen LogP contribution < -0.4 is 0 Å². The van der Waals surface area contributed by atoms with Gasteiger partial charge >= 0.3 is 0 Å². The Kier molecular flexibility index (Phi) is 5.16. The normalized spacial score (nSPS) is 17.1. The number of likely N-dealkylation sites (tertiary alicyclic amines) is 1. The monoisotopic (exact) mass is 438 g/mol. The Morgan fingerprint density at radius 1 is 1.23 bits per heavy atom. The molecule has 9 heteroatoms. The molecule has 1 aromatic carbocycles. The first-order valence-corrected chi connectivity index (χ1v) is 11.8. The molecule has 1 aliphatic heterocycles. The number of aryl methyl sites for hydroxylation is 2. The van der Waals surface area contributed by atoms with Crippen molar-refractivity contribution >= 4 is 45.0 Å². The highest BCUT2D eigenvalue weighted by molar-refractivity contribution is 7.99. The third kappa shape index (κ3) is 3.79. The summed E-state index contributed by atoms with van der Waals surface area (Å²) >= 11 is 3.12. The average Bonchev–Trinajstić information content (AvgIpc) is 3.36. The minimum absolute atomic E-state index is 0.130. The summed E-state index contributed by atoms with van der Waals surface area (Å²) < 4.78 is 2.94. The van der Waals surface area contributed by atoms with Gasteiger partial charge < -0.3 is 4.90 Å². The van der Waals surface area contributed by atoms with E-state index in [1.54, 1.807) is 15.9 Å². The molecule has 0 spiro atoms. The van der Waals surface area contributed by atoms with Crippen molar-refractivity contribution in [3.8, 4) is 0 Å². The van der Waals surface area contributed by atoms with E-state index in [0.717, 1.165) is 47.8 Å². The van der Waals surface area contributed by atoms with Gasteiger partial charge in [-0.05, 0) is 44.9 Å². The highest BCUT2D eigenvalue weighted by atomic mass is 32.2. The van der Waals surface area contributed by atoms with Gasteiger partial charge in [-0.15, -0.1) is 16.4 Å². The van der Waals surface area contributed by atoms with Gasteiger partial charge in [-0.2, -0.15) is 4.98 Å². The molecule has 4 aromatic rings. The number of fused-ring (bicyclic) bond motifs is 2. The van der Waals surface area contributed by atoms with Crippen molar-refractivity contribution in [3.05, 3.63) is 46.7 Å². The first-order valence-electron chi connectivity index (χ1n) is 10.0. The summed E-state index contributed by atoms with van der Waals surface area (Å²) in [6, 6.07) is 10.2. The quantitative estimate of drug-likeness (QED) is 0.451. The second-order valence-corrected chi connectivity index (χ2v) is 9.64. The van der Waals surface area contributed by atoms with Crippen molar-refractivity contribution < 1.29 is 4.79 Å². The first-order chi connectivity index (χ1) is 14.6. The molecule has 4 heterocycles. The molecule has 3 aromatic heterocycles. The summed E-state index contributed by atoms with van der Waals surface area (Å²) in [6.45, 7) is 5.46. The zero-order valence-electron chi connectivity index (χ0n) is 16.9. The number of rotatable bonds is 4. The standard InChI is InChI=1S/C21H22N6OS2/c1-13-10-14(2)27-20(22-13)24-21(25-27)29-12-18(28)26-9-5-6-15(11-26)19-23-16-7-3-4-8-17(16)30-19/h3-4,7-8,10,15H,5-6,9,11-12H2,1-2H3/t15-/m1/s1. The number of thiazole rings is 1. The molecule has 1 fully saturated rings. The third-order valence-electron chi connectivity index (χ3n) is 5.36. The Balaban J connectivity index is 1.25. The van der Waals surface area contributed by atoms with E-state index in [4.69, 9.17) is 4.98 Å². The van der Waals surface area contributed by atoms with Crippen LogP contribution in [0.3, 0.4) is 0 Å². The fourth-order valence-corrected chi connectivity index (χ4v) is 5.71. The predicted octanol–water partition coefficient (Wildman–Crippen LogP) is 3.85. The number of hydrogen-bond donors (Lipinski definition) is 0. The van der Waals surface area contributed by atoms with Gasteiger partial charge in [-0.3, -0.25) is 4.79 Å². The van der Waals surface area contributed by atoms with E-state index in [2.05, 4.69) is 27.2 Å². The summed E-state index contributed by atoms with van der Waals surface area (Å²) in [5.74, 6) is 1.36. The molecular weight excluding hydrogens is 416 g/mol. The maximum Gasteiger partial charge on any atom is 0.253 e. The van der Waals surface area contributed by atoms with Crippen LogP contribution in [-0.2, 0) is 4.79 Å². The Labute approximate surface area is 182 Å². The van der Waals surface area contributed by atoms with Gasteiger partial charge in [0.2, 0.25) is 11.1 Å². The Morgan fingerprint density at radius 3 is 2.97 bits per heavy atom. The second-order valence-electron chi connectivity index (χ2n) is 7.63. The summed E-state index contributed by atoms with van der Waals surface area (Å²) in [4.78, 5) is 28.5. The maximum atomic E-state index is 12.9. The van der Waals surface area contributed by atoms with Crippen molar-refractivity contribution in [1.82, 2.24) is 29.5 Å². The number of piperidine rings is 1. The van der Waals surface area contributed by atoms with Crippen LogP contribution in [0.5, 0.6) is 0 Å². The number of thioether (sulfide) groups is 1. The van der Waals surface area contributed by atoms with Crippen molar-refractivity contribution in [2.75, 3.05) is 18.8 Å². The summed E-state index contributed by atoms with van der Waals surface area (Å²) in [7, 11) is 0.